The second-order valence-electron chi connectivity index (χ2n) is 4.43. The number of rotatable bonds is 5. The minimum absolute atomic E-state index is 0. The molecule has 114 valence electrons. The minimum Gasteiger partial charge on any atom is -0.435 e. The Hall–Kier alpha value is -0.950. The van der Waals surface area contributed by atoms with Gasteiger partial charge in [0, 0.05) is 26.2 Å². The molecule has 2 rings (SSSR count). The molecular formula is C13H19ClF2N2O2. The van der Waals surface area contributed by atoms with E-state index in [4.69, 9.17) is 0 Å². The summed E-state index contributed by atoms with van der Waals surface area (Å²) in [5.74, 6) is 0.135. The topological polar surface area (TPSA) is 44.7 Å². The van der Waals surface area contributed by atoms with Gasteiger partial charge in [0.05, 0.1) is 12.6 Å². The van der Waals surface area contributed by atoms with Crippen molar-refractivity contribution in [1.82, 2.24) is 10.2 Å². The van der Waals surface area contributed by atoms with E-state index in [9.17, 15) is 13.9 Å². The van der Waals surface area contributed by atoms with Crippen molar-refractivity contribution in [2.45, 2.75) is 12.7 Å². The lowest BCUT2D eigenvalue weighted by Gasteiger charge is -2.34. The van der Waals surface area contributed by atoms with Crippen molar-refractivity contribution in [2.24, 2.45) is 0 Å². The molecule has 0 radical (unpaired) electrons. The molecule has 1 aliphatic heterocycles. The van der Waals surface area contributed by atoms with Crippen molar-refractivity contribution in [2.75, 3.05) is 32.8 Å². The minimum atomic E-state index is -2.81. The number of hydrogen-bond acceptors (Lipinski definition) is 4. The maximum absolute atomic E-state index is 12.1. The number of alkyl halides is 2. The standard InChI is InChI=1S/C13H18F2N2O2.ClH/c14-13(15)19-11-3-1-10(2-4-11)12(9-18)17-7-5-16-6-8-17;/h1-4,12-13,16,18H,5-9H2;1H/t12-;/m1./s1. The Balaban J connectivity index is 0.00000200. The van der Waals surface area contributed by atoms with Crippen LogP contribution in [0.2, 0.25) is 0 Å². The SMILES string of the molecule is Cl.OC[C@H](c1ccc(OC(F)F)cc1)N1CCNCC1. The number of nitrogens with zero attached hydrogens (tertiary/aromatic N) is 1. The van der Waals surface area contributed by atoms with Gasteiger partial charge in [-0.2, -0.15) is 8.78 Å². The van der Waals surface area contributed by atoms with Gasteiger partial charge in [-0.25, -0.2) is 0 Å². The number of aliphatic hydroxyl groups is 1. The van der Waals surface area contributed by atoms with Gasteiger partial charge >= 0.3 is 6.61 Å². The lowest BCUT2D eigenvalue weighted by Crippen LogP contribution is -2.46. The van der Waals surface area contributed by atoms with Crippen LogP contribution in [0.5, 0.6) is 5.75 Å². The number of benzene rings is 1. The Morgan fingerprint density at radius 1 is 1.20 bits per heavy atom. The van der Waals surface area contributed by atoms with E-state index in [1.165, 1.54) is 12.1 Å². The summed E-state index contributed by atoms with van der Waals surface area (Å²) in [7, 11) is 0. The fourth-order valence-electron chi connectivity index (χ4n) is 2.30. The fourth-order valence-corrected chi connectivity index (χ4v) is 2.30. The number of nitrogens with one attached hydrogen (secondary N) is 1. The van der Waals surface area contributed by atoms with Crippen molar-refractivity contribution >= 4 is 12.4 Å². The van der Waals surface area contributed by atoms with Crippen LogP contribution in [0.25, 0.3) is 0 Å². The Labute approximate surface area is 123 Å². The average molecular weight is 309 g/mol. The van der Waals surface area contributed by atoms with Crippen LogP contribution in [-0.4, -0.2) is 49.4 Å². The molecule has 0 saturated carbocycles. The molecule has 0 unspecified atom stereocenters. The van der Waals surface area contributed by atoms with E-state index in [0.29, 0.717) is 0 Å². The van der Waals surface area contributed by atoms with Crippen LogP contribution < -0.4 is 10.1 Å². The molecule has 0 spiro atoms. The van der Waals surface area contributed by atoms with Gasteiger partial charge in [0.2, 0.25) is 0 Å². The first-order chi connectivity index (χ1) is 9.20. The quantitative estimate of drug-likeness (QED) is 0.868. The second kappa shape index (κ2) is 8.36. The van der Waals surface area contributed by atoms with E-state index >= 15 is 0 Å². The molecule has 0 aromatic heterocycles. The molecule has 20 heavy (non-hydrogen) atoms. The summed E-state index contributed by atoms with van der Waals surface area (Å²) in [5, 5.41) is 12.8. The highest BCUT2D eigenvalue weighted by molar-refractivity contribution is 5.85. The van der Waals surface area contributed by atoms with Crippen molar-refractivity contribution in [3.8, 4) is 5.75 Å². The maximum atomic E-state index is 12.1. The molecule has 4 nitrogen and oxygen atoms in total. The summed E-state index contributed by atoms with van der Waals surface area (Å²) >= 11 is 0. The molecule has 7 heteroatoms. The van der Waals surface area contributed by atoms with Crippen molar-refractivity contribution < 1.29 is 18.6 Å². The Morgan fingerprint density at radius 2 is 1.80 bits per heavy atom. The van der Waals surface area contributed by atoms with Gasteiger partial charge in [-0.3, -0.25) is 4.90 Å². The van der Waals surface area contributed by atoms with Crippen LogP contribution in [0.3, 0.4) is 0 Å². The van der Waals surface area contributed by atoms with E-state index in [2.05, 4.69) is 15.0 Å². The molecule has 2 N–H and O–H groups in total. The van der Waals surface area contributed by atoms with Gasteiger partial charge in [0.1, 0.15) is 5.75 Å². The number of ether oxygens (including phenoxy) is 1. The normalized spacial score (nSPS) is 17.6. The Bertz CT molecular complexity index is 386. The van der Waals surface area contributed by atoms with E-state index in [-0.39, 0.29) is 30.8 Å². The summed E-state index contributed by atoms with van der Waals surface area (Å²) in [6, 6.07) is 6.36. The monoisotopic (exact) mass is 308 g/mol. The van der Waals surface area contributed by atoms with E-state index in [0.717, 1.165) is 31.7 Å². The zero-order valence-corrected chi connectivity index (χ0v) is 11.8. The van der Waals surface area contributed by atoms with Crippen LogP contribution in [0.4, 0.5) is 8.78 Å². The molecule has 1 aromatic rings. The first kappa shape index (κ1) is 17.1. The summed E-state index contributed by atoms with van der Waals surface area (Å²) in [6.45, 7) is 0.704. The van der Waals surface area contributed by atoms with E-state index in [1.54, 1.807) is 12.1 Å². The van der Waals surface area contributed by atoms with Gasteiger partial charge < -0.3 is 15.2 Å². The first-order valence-corrected chi connectivity index (χ1v) is 6.31. The smallest absolute Gasteiger partial charge is 0.387 e. The van der Waals surface area contributed by atoms with Crippen molar-refractivity contribution in [1.29, 1.82) is 0 Å². The third-order valence-corrected chi connectivity index (χ3v) is 3.26. The lowest BCUT2D eigenvalue weighted by atomic mass is 10.1. The van der Waals surface area contributed by atoms with E-state index < -0.39 is 6.61 Å². The molecular weight excluding hydrogens is 290 g/mol. The van der Waals surface area contributed by atoms with Gasteiger partial charge in [-0.05, 0) is 17.7 Å². The molecule has 1 fully saturated rings. The molecule has 1 atom stereocenters. The van der Waals surface area contributed by atoms with E-state index in [1.807, 2.05) is 0 Å². The van der Waals surface area contributed by atoms with Crippen molar-refractivity contribution in [3.63, 3.8) is 0 Å². The molecule has 1 aliphatic rings. The molecule has 1 heterocycles. The second-order valence-corrected chi connectivity index (χ2v) is 4.43. The first-order valence-electron chi connectivity index (χ1n) is 6.31. The summed E-state index contributed by atoms with van der Waals surface area (Å²) in [6.07, 6.45) is 0. The largest absolute Gasteiger partial charge is 0.435 e. The van der Waals surface area contributed by atoms with Crippen molar-refractivity contribution in [3.05, 3.63) is 29.8 Å². The third-order valence-electron chi connectivity index (χ3n) is 3.26. The Kier molecular flexibility index (Phi) is 7.15. The number of aliphatic hydroxyl groups excluding tert-OH is 1. The van der Waals surface area contributed by atoms with Gasteiger partial charge in [0.25, 0.3) is 0 Å². The predicted octanol–water partition coefficient (Wildman–Crippen LogP) is 1.65. The molecule has 0 bridgehead atoms. The van der Waals surface area contributed by atoms with Crippen LogP contribution in [0, 0.1) is 0 Å². The fraction of sp³-hybridized carbons (Fsp3) is 0.538. The highest BCUT2D eigenvalue weighted by Gasteiger charge is 2.21. The molecule has 0 amide bonds. The molecule has 0 aliphatic carbocycles. The number of piperazine rings is 1. The van der Waals surface area contributed by atoms with Gasteiger partial charge in [0.15, 0.2) is 0 Å². The Morgan fingerprint density at radius 3 is 2.30 bits per heavy atom. The lowest BCUT2D eigenvalue weighted by molar-refractivity contribution is -0.0498. The average Bonchev–Trinajstić information content (AvgIpc) is 2.42. The van der Waals surface area contributed by atoms with Crippen LogP contribution in [-0.2, 0) is 0 Å². The summed E-state index contributed by atoms with van der Waals surface area (Å²) < 4.78 is 28.4. The van der Waals surface area contributed by atoms with Crippen LogP contribution in [0.1, 0.15) is 11.6 Å². The number of hydrogen-bond donors (Lipinski definition) is 2. The number of halogens is 3. The van der Waals surface area contributed by atoms with Gasteiger partial charge in [-0.15, -0.1) is 12.4 Å². The zero-order chi connectivity index (χ0) is 13.7. The molecule has 1 saturated heterocycles. The highest BCUT2D eigenvalue weighted by atomic mass is 35.5. The predicted molar refractivity (Wildman–Crippen MR) is 74.6 cm³/mol. The van der Waals surface area contributed by atoms with Gasteiger partial charge in [-0.1, -0.05) is 12.1 Å². The van der Waals surface area contributed by atoms with Crippen LogP contribution >= 0.6 is 12.4 Å². The zero-order valence-electron chi connectivity index (χ0n) is 11.0. The maximum Gasteiger partial charge on any atom is 0.387 e. The van der Waals surface area contributed by atoms with Crippen LogP contribution in [0.15, 0.2) is 24.3 Å². The third kappa shape index (κ3) is 4.56. The molecule has 1 aromatic carbocycles. The highest BCUT2D eigenvalue weighted by Crippen LogP contribution is 2.23. The summed E-state index contributed by atoms with van der Waals surface area (Å²) in [4.78, 5) is 2.18. The summed E-state index contributed by atoms with van der Waals surface area (Å²) in [5.41, 5.74) is 0.908.